The van der Waals surface area contributed by atoms with Crippen molar-refractivity contribution >= 4 is 39.9 Å². The van der Waals surface area contributed by atoms with Crippen LogP contribution in [-0.4, -0.2) is 61.3 Å². The Morgan fingerprint density at radius 1 is 0.562 bits per heavy atom. The fourth-order valence-corrected chi connectivity index (χ4v) is 5.70. The van der Waals surface area contributed by atoms with Gasteiger partial charge in [0.25, 0.3) is 0 Å². The van der Waals surface area contributed by atoms with Crippen LogP contribution in [0.4, 0.5) is 34.1 Å². The van der Waals surface area contributed by atoms with Crippen LogP contribution in [0.1, 0.15) is 34.1 Å². The minimum atomic E-state index is -0.624. The van der Waals surface area contributed by atoms with Gasteiger partial charge < -0.3 is 52.8 Å². The van der Waals surface area contributed by atoms with Gasteiger partial charge in [-0.25, -0.2) is 0 Å². The monoisotopic (exact) mass is 654 g/mol. The molecule has 2 atom stereocenters. The van der Waals surface area contributed by atoms with Crippen molar-refractivity contribution in [1.29, 1.82) is 0 Å². The van der Waals surface area contributed by atoms with Gasteiger partial charge in [0.2, 0.25) is 0 Å². The molecule has 0 radical (unpaired) electrons. The van der Waals surface area contributed by atoms with E-state index in [9.17, 15) is 4.79 Å². The molecule has 0 aliphatic carbocycles. The maximum Gasteiger partial charge on any atom is 0.154 e. The largest absolute Gasteiger partial charge is 0.490 e. The Hall–Kier alpha value is -5.13. The first-order valence-corrected chi connectivity index (χ1v) is 16.1. The molecule has 4 aromatic carbocycles. The number of benzene rings is 4. The summed E-state index contributed by atoms with van der Waals surface area (Å²) >= 11 is 0. The number of nitrogens with one attached hydrogen (secondary N) is 6. The molecule has 4 rings (SSSR count). The molecule has 0 bridgehead atoms. The number of ether oxygens (including phenoxy) is 2. The summed E-state index contributed by atoms with van der Waals surface area (Å²) in [7, 11) is 11.1. The summed E-state index contributed by atoms with van der Waals surface area (Å²) in [4.78, 5) is 14.9. The quantitative estimate of drug-likeness (QED) is 0.0690. The molecule has 0 heterocycles. The van der Waals surface area contributed by atoms with Gasteiger partial charge in [0.05, 0.1) is 23.2 Å². The van der Waals surface area contributed by atoms with E-state index in [1.54, 1.807) is 0 Å². The van der Waals surface area contributed by atoms with Crippen LogP contribution in [0.15, 0.2) is 72.8 Å². The number of hydrogen-bond acceptors (Lipinski definition) is 11. The highest BCUT2D eigenvalue weighted by Crippen LogP contribution is 2.39. The van der Waals surface area contributed by atoms with Crippen LogP contribution < -0.4 is 52.8 Å². The highest BCUT2D eigenvalue weighted by atomic mass is 16.5. The zero-order valence-corrected chi connectivity index (χ0v) is 28.8. The second kappa shape index (κ2) is 17.1. The van der Waals surface area contributed by atoms with Crippen molar-refractivity contribution in [3.05, 3.63) is 95.1 Å². The zero-order valence-electron chi connectivity index (χ0n) is 28.8. The van der Waals surface area contributed by atoms with E-state index < -0.39 is 11.8 Å². The minimum Gasteiger partial charge on any atom is -0.490 e. The lowest BCUT2D eigenvalue weighted by Crippen LogP contribution is -2.29. The van der Waals surface area contributed by atoms with E-state index in [0.29, 0.717) is 24.6 Å². The number of nitrogens with two attached hydrogens (primary N) is 2. The Morgan fingerprint density at radius 3 is 1.23 bits per heavy atom. The molecule has 0 saturated heterocycles. The van der Waals surface area contributed by atoms with Crippen LogP contribution in [0.3, 0.4) is 0 Å². The Kier molecular flexibility index (Phi) is 12.8. The molecule has 0 aliphatic heterocycles. The highest BCUT2D eigenvalue weighted by Gasteiger charge is 2.32. The summed E-state index contributed by atoms with van der Waals surface area (Å²) in [5.41, 5.74) is 20.5. The predicted octanol–water partition coefficient (Wildman–Crippen LogP) is 5.45. The molecule has 0 spiro atoms. The summed E-state index contributed by atoms with van der Waals surface area (Å²) in [5.74, 6) is -0.0494. The Balaban J connectivity index is 1.77. The van der Waals surface area contributed by atoms with Gasteiger partial charge in [-0.05, 0) is 34.4 Å². The second-order valence-corrected chi connectivity index (χ2v) is 11.3. The summed E-state index contributed by atoms with van der Waals surface area (Å²) in [5, 5.41) is 19.3. The highest BCUT2D eigenvalue weighted by molar-refractivity contribution is 5.92. The number of anilines is 6. The Labute approximate surface area is 284 Å². The van der Waals surface area contributed by atoms with E-state index >= 15 is 0 Å². The average Bonchev–Trinajstić information content (AvgIpc) is 3.14. The molecule has 0 fully saturated rings. The second-order valence-electron chi connectivity index (χ2n) is 11.3. The standard InChI is InChI=1S/C37H50N8O3/c1-40-27-15-31(42-3)35(44-5)33(17-27)47-21-29(25-11-7-23(19-38)8-12-25)37(46)30(26-13-9-24(20-39)10-14-26)22-48-34-18-28(41-2)16-32(43-4)36(34)45-6/h7-18,29-30,40-45H,19-22,38-39H2,1-6H3. The topological polar surface area (TPSA) is 160 Å². The third kappa shape index (κ3) is 8.23. The lowest BCUT2D eigenvalue weighted by atomic mass is 9.84. The number of rotatable bonds is 18. The van der Waals surface area contributed by atoms with E-state index in [2.05, 4.69) is 31.9 Å². The Bertz CT molecular complexity index is 1520. The molecule has 48 heavy (non-hydrogen) atoms. The van der Waals surface area contributed by atoms with Crippen LogP contribution in [0, 0.1) is 0 Å². The number of carbonyl (C=O) groups is 1. The molecule has 2 unspecified atom stereocenters. The fourth-order valence-electron chi connectivity index (χ4n) is 5.70. The zero-order chi connectivity index (χ0) is 34.6. The van der Waals surface area contributed by atoms with Crippen LogP contribution in [-0.2, 0) is 17.9 Å². The molecule has 256 valence electrons. The smallest absolute Gasteiger partial charge is 0.154 e. The summed E-state index contributed by atoms with van der Waals surface area (Å²) in [6.07, 6.45) is 0. The van der Waals surface area contributed by atoms with Crippen molar-refractivity contribution in [3.63, 3.8) is 0 Å². The van der Waals surface area contributed by atoms with Crippen molar-refractivity contribution < 1.29 is 14.3 Å². The van der Waals surface area contributed by atoms with Crippen LogP contribution in [0.2, 0.25) is 0 Å². The van der Waals surface area contributed by atoms with E-state index in [4.69, 9.17) is 20.9 Å². The molecule has 0 aliphatic rings. The average molecular weight is 655 g/mol. The van der Waals surface area contributed by atoms with Gasteiger partial charge in [0.15, 0.2) is 5.78 Å². The third-order valence-corrected chi connectivity index (χ3v) is 8.55. The third-order valence-electron chi connectivity index (χ3n) is 8.55. The Morgan fingerprint density at radius 2 is 0.938 bits per heavy atom. The van der Waals surface area contributed by atoms with Gasteiger partial charge in [-0.1, -0.05) is 48.5 Å². The van der Waals surface area contributed by atoms with E-state index in [1.165, 1.54) is 0 Å². The first kappa shape index (κ1) is 35.7. The van der Waals surface area contributed by atoms with Crippen molar-refractivity contribution in [1.82, 2.24) is 0 Å². The molecule has 0 saturated carbocycles. The summed E-state index contributed by atoms with van der Waals surface area (Å²) < 4.78 is 13.0. The van der Waals surface area contributed by atoms with Crippen molar-refractivity contribution in [2.45, 2.75) is 24.9 Å². The molecular weight excluding hydrogens is 604 g/mol. The molecule has 0 aromatic heterocycles. The normalized spacial score (nSPS) is 12.0. The van der Waals surface area contributed by atoms with Gasteiger partial charge in [0, 0.05) is 78.9 Å². The lowest BCUT2D eigenvalue weighted by Gasteiger charge is -2.26. The minimum absolute atomic E-state index is 0.0368. The molecule has 11 nitrogen and oxygen atoms in total. The molecule has 10 N–H and O–H groups in total. The summed E-state index contributed by atoms with van der Waals surface area (Å²) in [6, 6.07) is 23.5. The maximum atomic E-state index is 14.9. The maximum absolute atomic E-state index is 14.9. The van der Waals surface area contributed by atoms with Gasteiger partial charge in [-0.2, -0.15) is 0 Å². The van der Waals surface area contributed by atoms with Crippen molar-refractivity contribution in [3.8, 4) is 11.5 Å². The van der Waals surface area contributed by atoms with Gasteiger partial charge in [-0.3, -0.25) is 4.79 Å². The van der Waals surface area contributed by atoms with E-state index in [-0.39, 0.29) is 19.0 Å². The molecular formula is C37H50N8O3. The molecule has 11 heteroatoms. The van der Waals surface area contributed by atoms with Crippen molar-refractivity contribution in [2.75, 3.05) is 87.4 Å². The van der Waals surface area contributed by atoms with Crippen LogP contribution >= 0.6 is 0 Å². The van der Waals surface area contributed by atoms with Crippen LogP contribution in [0.25, 0.3) is 0 Å². The lowest BCUT2D eigenvalue weighted by molar-refractivity contribution is -0.123. The number of hydrogen-bond donors (Lipinski definition) is 8. The van der Waals surface area contributed by atoms with Gasteiger partial charge in [0.1, 0.15) is 36.1 Å². The summed E-state index contributed by atoms with van der Waals surface area (Å²) in [6.45, 7) is 1.01. The SMILES string of the molecule is CNc1cc(NC)c(NC)c(OCC(C(=O)C(COc2cc(NC)cc(NC)c2NC)c2ccc(CN)cc2)c2ccc(CN)cc2)c1. The van der Waals surface area contributed by atoms with Gasteiger partial charge >= 0.3 is 0 Å². The molecule has 0 amide bonds. The van der Waals surface area contributed by atoms with Gasteiger partial charge in [-0.15, -0.1) is 0 Å². The first-order chi connectivity index (χ1) is 23.3. The fraction of sp³-hybridized carbons (Fsp3) is 0.324. The van der Waals surface area contributed by atoms with Crippen LogP contribution in [0.5, 0.6) is 11.5 Å². The number of ketones is 1. The van der Waals surface area contributed by atoms with Crippen molar-refractivity contribution in [2.24, 2.45) is 11.5 Å². The molecule has 4 aromatic rings. The number of carbonyl (C=O) groups excluding carboxylic acids is 1. The number of Topliss-reactive ketones (excluding diaryl/α,β-unsaturated/α-hetero) is 1. The first-order valence-electron chi connectivity index (χ1n) is 16.1. The van der Waals surface area contributed by atoms with E-state index in [1.807, 2.05) is 115 Å². The van der Waals surface area contributed by atoms with E-state index in [0.717, 1.165) is 56.4 Å². The predicted molar refractivity (Wildman–Crippen MR) is 200 cm³/mol.